The van der Waals surface area contributed by atoms with Gasteiger partial charge in [0.15, 0.2) is 43.8 Å². The molecule has 1 aromatic carbocycles. The summed E-state index contributed by atoms with van der Waals surface area (Å²) in [6.07, 6.45) is -3.90. The van der Waals surface area contributed by atoms with Crippen LogP contribution in [-0.2, 0) is 62.7 Å². The number of nitrogens with one attached hydrogen (secondary N) is 4. The summed E-state index contributed by atoms with van der Waals surface area (Å²) in [6.45, 7) is 17.9. The zero-order valence-electron chi connectivity index (χ0n) is 39.9. The van der Waals surface area contributed by atoms with Crippen LogP contribution in [0.25, 0.3) is 11.6 Å². The number of ketones is 1. The number of hydrogen-bond acceptors (Lipinski definition) is 18. The Balaban J connectivity index is 1.09. The van der Waals surface area contributed by atoms with Gasteiger partial charge in [0.2, 0.25) is 0 Å². The van der Waals surface area contributed by atoms with Crippen molar-refractivity contribution >= 4 is 89.8 Å². The molecule has 0 spiro atoms. The summed E-state index contributed by atoms with van der Waals surface area (Å²) < 4.78 is 72.8. The quantitative estimate of drug-likeness (QED) is 0.0479. The van der Waals surface area contributed by atoms with E-state index in [9.17, 15) is 50.4 Å². The lowest BCUT2D eigenvalue weighted by Gasteiger charge is -2.27. The van der Waals surface area contributed by atoms with E-state index in [4.69, 9.17) is 18.9 Å². The highest BCUT2D eigenvalue weighted by Crippen LogP contribution is 2.43. The van der Waals surface area contributed by atoms with Gasteiger partial charge < -0.3 is 44.8 Å². The Morgan fingerprint density at radius 2 is 1.57 bits per heavy atom. The molecule has 2 aliphatic heterocycles. The molecule has 0 fully saturated rings. The molecular formula is C46H59N5O15S3. The van der Waals surface area contributed by atoms with Gasteiger partial charge in [0.25, 0.3) is 11.8 Å². The molecule has 2 amide bonds. The fraction of sp³-hybridized carbons (Fsp3) is 0.500. The number of aromatic amines is 1. The number of carbonyl (C=O) groups excluding carboxylic acids is 7. The minimum absolute atomic E-state index is 0.0732. The van der Waals surface area contributed by atoms with Gasteiger partial charge in [0.05, 0.1) is 29.2 Å². The van der Waals surface area contributed by atoms with Crippen molar-refractivity contribution in [2.45, 2.75) is 120 Å². The summed E-state index contributed by atoms with van der Waals surface area (Å²) in [5.41, 5.74) is 3.76. The van der Waals surface area contributed by atoms with Gasteiger partial charge >= 0.3 is 23.9 Å². The van der Waals surface area contributed by atoms with Crippen LogP contribution in [0.4, 0.5) is 5.69 Å². The Kier molecular flexibility index (Phi) is 17.9. The van der Waals surface area contributed by atoms with Crippen LogP contribution < -0.4 is 20.7 Å². The van der Waals surface area contributed by atoms with Crippen molar-refractivity contribution in [1.29, 1.82) is 0 Å². The van der Waals surface area contributed by atoms with Crippen molar-refractivity contribution in [3.05, 3.63) is 57.9 Å². The van der Waals surface area contributed by atoms with E-state index in [1.165, 1.54) is 18.2 Å². The smallest absolute Gasteiger partial charge is 0.347 e. The molecule has 5 rings (SSSR count). The number of anilines is 1. The molecule has 0 aliphatic carbocycles. The van der Waals surface area contributed by atoms with Gasteiger partial charge in [0.1, 0.15) is 19.9 Å². The molecule has 0 radical (unpaired) electrons. The molecule has 2 aromatic heterocycles. The van der Waals surface area contributed by atoms with Crippen LogP contribution in [0.3, 0.4) is 0 Å². The van der Waals surface area contributed by atoms with Crippen LogP contribution in [0.2, 0.25) is 0 Å². The highest BCUT2D eigenvalue weighted by Gasteiger charge is 2.40. The molecule has 3 unspecified atom stereocenters. The fourth-order valence-corrected chi connectivity index (χ4v) is 13.1. The Morgan fingerprint density at radius 3 is 2.22 bits per heavy atom. The van der Waals surface area contributed by atoms with Gasteiger partial charge in [-0.1, -0.05) is 20.8 Å². The Bertz CT molecular complexity index is 2760. The number of aromatic nitrogens is 1. The molecule has 3 aromatic rings. The van der Waals surface area contributed by atoms with Crippen LogP contribution in [0, 0.1) is 13.8 Å². The maximum Gasteiger partial charge on any atom is 0.347 e. The number of likely N-dealkylation sites (N-methyl/N-ethyl adjacent to an activating group) is 1. The minimum atomic E-state index is -4.36. The summed E-state index contributed by atoms with van der Waals surface area (Å²) in [6, 6.07) is 5.35. The standard InChI is InChI=1S/C46H59N5O15S3/c1-10-47-36-19-24(4)69(61,62)46-33(36)22-40(67-46)68(59,60)23-37(52)27(7)64-45(58)29(9)65-44(57)28(8)63-38(53)15-16-39(54)66-30-13-14-34-31(20-30)32(42(55)50-34)21-35-25(5)41(26(6)49-35)43(56)48-17-18-51(11-2)12-3/h13-14,20-22,24,27-29,36,47,49H,10-12,15-19,23H2,1-9H3,(H,48,56)(H,50,55)/b32-21-/t24-,27?,28?,29?,36-/m0/s1. The first-order chi connectivity index (χ1) is 32.4. The number of benzene rings is 1. The van der Waals surface area contributed by atoms with E-state index in [1.807, 2.05) is 6.92 Å². The third-order valence-corrected chi connectivity index (χ3v) is 17.8. The number of carbonyl (C=O) groups is 7. The molecular weight excluding hydrogens is 959 g/mol. The Morgan fingerprint density at radius 1 is 0.928 bits per heavy atom. The van der Waals surface area contributed by atoms with Crippen molar-refractivity contribution in [3.8, 4) is 5.75 Å². The van der Waals surface area contributed by atoms with Crippen molar-refractivity contribution < 1.29 is 69.3 Å². The van der Waals surface area contributed by atoms with Gasteiger partial charge in [-0.15, -0.1) is 11.3 Å². The van der Waals surface area contributed by atoms with Gasteiger partial charge in [0, 0.05) is 41.8 Å². The number of esters is 4. The second kappa shape index (κ2) is 22.8. The number of aryl methyl sites for hydroxylation is 1. The first-order valence-electron chi connectivity index (χ1n) is 22.5. The highest BCUT2D eigenvalue weighted by atomic mass is 32.3. The summed E-state index contributed by atoms with van der Waals surface area (Å²) in [5, 5.41) is 8.13. The second-order valence-corrected chi connectivity index (χ2v) is 22.5. The average Bonchev–Trinajstić information content (AvgIpc) is 3.97. The van der Waals surface area contributed by atoms with E-state index in [0.29, 0.717) is 70.3 Å². The molecule has 4 heterocycles. The zero-order valence-corrected chi connectivity index (χ0v) is 42.4. The van der Waals surface area contributed by atoms with Gasteiger partial charge in [-0.3, -0.25) is 24.0 Å². The lowest BCUT2D eigenvalue weighted by atomic mass is 10.0. The SMILES string of the molecule is CCN[C@H]1C[C@H](C)S(=O)(=O)c2sc(S(=O)(=O)CC(=O)C(C)OC(=O)C(C)OC(=O)C(C)OC(=O)CCC(=O)Oc3ccc4c(c3)/C(=C/c3[nH]c(C)c(C(=O)NCCN(CC)CC)c3C)C(=O)N4)cc21. The number of Topliss-reactive ketones (excluding diaryl/α,β-unsaturated/α-hetero) is 1. The summed E-state index contributed by atoms with van der Waals surface area (Å²) in [5.74, 6) is -6.88. The number of thiophene rings is 1. The van der Waals surface area contributed by atoms with Crippen LogP contribution in [0.5, 0.6) is 5.75 Å². The third kappa shape index (κ3) is 12.9. The first kappa shape index (κ1) is 54.2. The lowest BCUT2D eigenvalue weighted by molar-refractivity contribution is -0.179. The zero-order chi connectivity index (χ0) is 51.1. The van der Waals surface area contributed by atoms with E-state index >= 15 is 0 Å². The van der Waals surface area contributed by atoms with E-state index < -0.39 is 103 Å². The summed E-state index contributed by atoms with van der Waals surface area (Å²) in [7, 11) is -8.15. The minimum Gasteiger partial charge on any atom is -0.452 e. The van der Waals surface area contributed by atoms with Crippen molar-refractivity contribution in [1.82, 2.24) is 20.5 Å². The third-order valence-electron chi connectivity index (χ3n) is 11.7. The van der Waals surface area contributed by atoms with Crippen molar-refractivity contribution in [2.24, 2.45) is 0 Å². The van der Waals surface area contributed by atoms with Crippen LogP contribution in [-0.4, -0.2) is 130 Å². The number of amides is 2. The predicted octanol–water partition coefficient (Wildman–Crippen LogP) is 4.00. The molecule has 0 saturated heterocycles. The van der Waals surface area contributed by atoms with E-state index in [-0.39, 0.29) is 32.1 Å². The van der Waals surface area contributed by atoms with Gasteiger partial charge in [-0.05, 0) is 109 Å². The van der Waals surface area contributed by atoms with E-state index in [1.54, 1.807) is 32.9 Å². The molecule has 23 heteroatoms. The molecule has 69 heavy (non-hydrogen) atoms. The number of ether oxygens (including phenoxy) is 4. The Labute approximate surface area is 405 Å². The van der Waals surface area contributed by atoms with Crippen LogP contribution >= 0.6 is 11.3 Å². The summed E-state index contributed by atoms with van der Waals surface area (Å²) in [4.78, 5) is 95.3. The summed E-state index contributed by atoms with van der Waals surface area (Å²) >= 11 is 0.566. The van der Waals surface area contributed by atoms with Gasteiger partial charge in [-0.25, -0.2) is 26.4 Å². The average molecular weight is 1020 g/mol. The maximum absolute atomic E-state index is 13.3. The second-order valence-electron chi connectivity index (χ2n) is 16.7. The first-order valence-corrected chi connectivity index (χ1v) is 26.5. The number of fused-ring (bicyclic) bond motifs is 2. The number of nitrogens with zero attached hydrogens (tertiary/aromatic N) is 1. The molecule has 376 valence electrons. The number of hydrogen-bond donors (Lipinski definition) is 4. The molecule has 20 nitrogen and oxygen atoms in total. The molecule has 4 N–H and O–H groups in total. The lowest BCUT2D eigenvalue weighted by Crippen LogP contribution is -2.37. The van der Waals surface area contributed by atoms with E-state index in [2.05, 4.69) is 39.7 Å². The number of H-pyrrole nitrogens is 1. The topological polar surface area (TPSA) is 280 Å². The molecule has 0 bridgehead atoms. The van der Waals surface area contributed by atoms with Crippen LogP contribution in [0.15, 0.2) is 32.7 Å². The maximum atomic E-state index is 13.3. The highest BCUT2D eigenvalue weighted by molar-refractivity contribution is 7.96. The van der Waals surface area contributed by atoms with E-state index in [0.717, 1.165) is 33.9 Å². The molecule has 5 atom stereocenters. The van der Waals surface area contributed by atoms with Crippen molar-refractivity contribution in [2.75, 3.05) is 43.8 Å². The largest absolute Gasteiger partial charge is 0.452 e. The number of sulfone groups is 2. The molecule has 2 aliphatic rings. The molecule has 0 saturated carbocycles. The van der Waals surface area contributed by atoms with Crippen LogP contribution in [0.1, 0.15) is 112 Å². The fourth-order valence-electron chi connectivity index (χ4n) is 7.65. The predicted molar refractivity (Wildman–Crippen MR) is 254 cm³/mol. The normalized spacial score (nSPS) is 18.1. The van der Waals surface area contributed by atoms with Crippen molar-refractivity contribution in [3.63, 3.8) is 0 Å². The Hall–Kier alpha value is -5.75. The van der Waals surface area contributed by atoms with Gasteiger partial charge in [-0.2, -0.15) is 0 Å². The monoisotopic (exact) mass is 1020 g/mol. The number of rotatable bonds is 22.